The quantitative estimate of drug-likeness (QED) is 0.471. The molecular weight excluding hydrogens is 371 g/mol. The second-order valence-corrected chi connectivity index (χ2v) is 6.10. The molecular formula is C22H17FN4O2. The van der Waals surface area contributed by atoms with Gasteiger partial charge in [0, 0.05) is 53.1 Å². The first-order valence-corrected chi connectivity index (χ1v) is 8.82. The van der Waals surface area contributed by atoms with Crippen molar-refractivity contribution in [1.82, 2.24) is 19.9 Å². The van der Waals surface area contributed by atoms with Gasteiger partial charge in [-0.25, -0.2) is 15.0 Å². The van der Waals surface area contributed by atoms with E-state index in [2.05, 4.69) is 19.9 Å². The van der Waals surface area contributed by atoms with Gasteiger partial charge in [0.2, 0.25) is 17.7 Å². The maximum absolute atomic E-state index is 13.4. The minimum atomic E-state index is -0.550. The van der Waals surface area contributed by atoms with Gasteiger partial charge < -0.3 is 9.47 Å². The summed E-state index contributed by atoms with van der Waals surface area (Å²) < 4.78 is 24.0. The molecule has 144 valence electrons. The van der Waals surface area contributed by atoms with E-state index in [0.717, 1.165) is 22.3 Å². The Labute approximate surface area is 167 Å². The Morgan fingerprint density at radius 3 is 2.24 bits per heavy atom. The first-order chi connectivity index (χ1) is 14.2. The summed E-state index contributed by atoms with van der Waals surface area (Å²) in [5.41, 5.74) is 4.62. The van der Waals surface area contributed by atoms with Crippen molar-refractivity contribution in [2.75, 3.05) is 14.2 Å². The SMILES string of the molecule is COc1ccc(-c2c(-c3cccnc3OC)ccnc2-c2ccc(F)nc2)cn1. The molecule has 0 aliphatic carbocycles. The van der Waals surface area contributed by atoms with Gasteiger partial charge in [0.15, 0.2) is 0 Å². The van der Waals surface area contributed by atoms with Crippen LogP contribution < -0.4 is 9.47 Å². The number of halogens is 1. The maximum atomic E-state index is 13.4. The Morgan fingerprint density at radius 2 is 1.55 bits per heavy atom. The molecule has 0 bridgehead atoms. The molecule has 0 atom stereocenters. The number of aromatic nitrogens is 4. The molecule has 7 heteroatoms. The van der Waals surface area contributed by atoms with Crippen molar-refractivity contribution in [3.63, 3.8) is 0 Å². The Morgan fingerprint density at radius 1 is 0.724 bits per heavy atom. The van der Waals surface area contributed by atoms with Crippen LogP contribution in [0.4, 0.5) is 4.39 Å². The van der Waals surface area contributed by atoms with Crippen molar-refractivity contribution >= 4 is 0 Å². The van der Waals surface area contributed by atoms with E-state index in [9.17, 15) is 4.39 Å². The average molecular weight is 388 g/mol. The number of hydrogen-bond acceptors (Lipinski definition) is 6. The lowest BCUT2D eigenvalue weighted by atomic mass is 9.93. The van der Waals surface area contributed by atoms with Crippen LogP contribution >= 0.6 is 0 Å². The second-order valence-electron chi connectivity index (χ2n) is 6.10. The predicted molar refractivity (Wildman–Crippen MR) is 107 cm³/mol. The first-order valence-electron chi connectivity index (χ1n) is 8.82. The fraction of sp³-hybridized carbons (Fsp3) is 0.0909. The van der Waals surface area contributed by atoms with Crippen molar-refractivity contribution in [3.05, 3.63) is 73.2 Å². The van der Waals surface area contributed by atoms with Crippen LogP contribution in [0.1, 0.15) is 0 Å². The molecule has 0 amide bonds. The zero-order chi connectivity index (χ0) is 20.2. The molecule has 29 heavy (non-hydrogen) atoms. The number of rotatable bonds is 5. The molecule has 0 aliphatic heterocycles. The van der Waals surface area contributed by atoms with E-state index in [1.807, 2.05) is 24.3 Å². The third-order valence-corrected chi connectivity index (χ3v) is 4.44. The smallest absolute Gasteiger partial charge is 0.221 e. The summed E-state index contributed by atoms with van der Waals surface area (Å²) >= 11 is 0. The number of methoxy groups -OCH3 is 2. The summed E-state index contributed by atoms with van der Waals surface area (Å²) in [7, 11) is 3.14. The lowest BCUT2D eigenvalue weighted by Crippen LogP contribution is -1.98. The van der Waals surface area contributed by atoms with Crippen LogP contribution in [-0.2, 0) is 0 Å². The largest absolute Gasteiger partial charge is 0.481 e. The molecule has 4 rings (SSSR count). The van der Waals surface area contributed by atoms with Crippen LogP contribution in [0.3, 0.4) is 0 Å². The number of hydrogen-bond donors (Lipinski definition) is 0. The molecule has 0 N–H and O–H groups in total. The van der Waals surface area contributed by atoms with Crippen LogP contribution in [0, 0.1) is 5.95 Å². The Kier molecular flexibility index (Phi) is 5.11. The van der Waals surface area contributed by atoms with Crippen molar-refractivity contribution in [1.29, 1.82) is 0 Å². The second kappa shape index (κ2) is 8.02. The molecule has 0 saturated carbocycles. The molecule has 4 aromatic heterocycles. The monoisotopic (exact) mass is 388 g/mol. The fourth-order valence-electron chi connectivity index (χ4n) is 3.12. The van der Waals surface area contributed by atoms with Crippen LogP contribution in [-0.4, -0.2) is 34.2 Å². The van der Waals surface area contributed by atoms with Gasteiger partial charge in [-0.2, -0.15) is 4.39 Å². The van der Waals surface area contributed by atoms with Gasteiger partial charge in [-0.3, -0.25) is 4.98 Å². The van der Waals surface area contributed by atoms with Crippen molar-refractivity contribution < 1.29 is 13.9 Å². The summed E-state index contributed by atoms with van der Waals surface area (Å²) in [6.07, 6.45) is 6.54. The van der Waals surface area contributed by atoms with Crippen LogP contribution in [0.15, 0.2) is 67.3 Å². The topological polar surface area (TPSA) is 70.0 Å². The predicted octanol–water partition coefficient (Wildman–Crippen LogP) is 4.42. The Hall–Kier alpha value is -3.87. The summed E-state index contributed by atoms with van der Waals surface area (Å²) in [6, 6.07) is 12.3. The highest BCUT2D eigenvalue weighted by molar-refractivity contribution is 5.93. The van der Waals surface area contributed by atoms with E-state index >= 15 is 0 Å². The van der Waals surface area contributed by atoms with Crippen molar-refractivity contribution in [2.24, 2.45) is 0 Å². The Bertz CT molecular complexity index is 1130. The van der Waals surface area contributed by atoms with Gasteiger partial charge in [0.1, 0.15) is 0 Å². The molecule has 0 saturated heterocycles. The summed E-state index contributed by atoms with van der Waals surface area (Å²) in [4.78, 5) is 17.0. The standard InChI is InChI=1S/C22H17FN4O2/c1-28-19-8-6-14(12-27-19)20-16(17-4-3-10-25-22(17)29-2)9-11-24-21(20)15-5-7-18(23)26-13-15/h3-13H,1-2H3. The lowest BCUT2D eigenvalue weighted by molar-refractivity contribution is 0.398. The maximum Gasteiger partial charge on any atom is 0.221 e. The molecule has 0 radical (unpaired) electrons. The van der Waals surface area contributed by atoms with E-state index in [4.69, 9.17) is 9.47 Å². The lowest BCUT2D eigenvalue weighted by Gasteiger charge is -2.16. The Balaban J connectivity index is 2.00. The summed E-state index contributed by atoms with van der Waals surface area (Å²) in [5.74, 6) is 0.444. The third kappa shape index (κ3) is 3.62. The zero-order valence-corrected chi connectivity index (χ0v) is 15.8. The van der Waals surface area contributed by atoms with E-state index in [-0.39, 0.29) is 0 Å². The van der Waals surface area contributed by atoms with Gasteiger partial charge in [0.05, 0.1) is 19.9 Å². The highest BCUT2D eigenvalue weighted by atomic mass is 19.1. The van der Waals surface area contributed by atoms with Gasteiger partial charge in [-0.15, -0.1) is 0 Å². The normalized spacial score (nSPS) is 10.6. The van der Waals surface area contributed by atoms with Crippen molar-refractivity contribution in [2.45, 2.75) is 0 Å². The molecule has 0 aliphatic rings. The molecule has 0 spiro atoms. The average Bonchev–Trinajstić information content (AvgIpc) is 2.79. The highest BCUT2D eigenvalue weighted by Crippen LogP contribution is 2.40. The van der Waals surface area contributed by atoms with Gasteiger partial charge in [-0.1, -0.05) is 0 Å². The summed E-state index contributed by atoms with van der Waals surface area (Å²) in [5, 5.41) is 0. The summed E-state index contributed by atoms with van der Waals surface area (Å²) in [6.45, 7) is 0. The molecule has 0 fully saturated rings. The zero-order valence-electron chi connectivity index (χ0n) is 15.8. The molecule has 0 aromatic carbocycles. The minimum Gasteiger partial charge on any atom is -0.481 e. The van der Waals surface area contributed by atoms with Crippen LogP contribution in [0.25, 0.3) is 33.5 Å². The first kappa shape index (κ1) is 18.5. The number of nitrogens with zero attached hydrogens (tertiary/aromatic N) is 4. The minimum absolute atomic E-state index is 0.490. The molecule has 0 unspecified atom stereocenters. The van der Waals surface area contributed by atoms with E-state index in [1.165, 1.54) is 12.3 Å². The molecule has 6 nitrogen and oxygen atoms in total. The van der Waals surface area contributed by atoms with Gasteiger partial charge in [0.25, 0.3) is 0 Å². The van der Waals surface area contributed by atoms with E-state index < -0.39 is 5.95 Å². The fourth-order valence-corrected chi connectivity index (χ4v) is 3.12. The number of pyridine rings is 4. The number of ether oxygens (including phenoxy) is 2. The third-order valence-electron chi connectivity index (χ3n) is 4.44. The van der Waals surface area contributed by atoms with Crippen molar-refractivity contribution in [3.8, 4) is 45.3 Å². The molecule has 4 heterocycles. The highest BCUT2D eigenvalue weighted by Gasteiger charge is 2.19. The van der Waals surface area contributed by atoms with Gasteiger partial charge >= 0.3 is 0 Å². The van der Waals surface area contributed by atoms with E-state index in [1.54, 1.807) is 44.9 Å². The van der Waals surface area contributed by atoms with Crippen LogP contribution in [0.2, 0.25) is 0 Å². The molecule has 4 aromatic rings. The van der Waals surface area contributed by atoms with Gasteiger partial charge in [-0.05, 0) is 42.0 Å². The van der Waals surface area contributed by atoms with E-state index in [0.29, 0.717) is 23.0 Å². The van der Waals surface area contributed by atoms with Crippen LogP contribution in [0.5, 0.6) is 11.8 Å².